The van der Waals surface area contributed by atoms with Crippen LogP contribution in [0.5, 0.6) is 0 Å². The number of para-hydroxylation sites is 1. The Labute approximate surface area is 125 Å². The van der Waals surface area contributed by atoms with Crippen molar-refractivity contribution in [3.05, 3.63) is 29.8 Å². The highest BCUT2D eigenvalue weighted by molar-refractivity contribution is 5.95. The first kappa shape index (κ1) is 15.4. The van der Waals surface area contributed by atoms with Crippen molar-refractivity contribution in [2.45, 2.75) is 33.2 Å². The number of hydrogen-bond acceptors (Lipinski definition) is 2. The highest BCUT2D eigenvalue weighted by Gasteiger charge is 2.41. The summed E-state index contributed by atoms with van der Waals surface area (Å²) in [5.74, 6) is -0.934. The molecule has 2 unspecified atom stereocenters. The van der Waals surface area contributed by atoms with E-state index in [1.807, 2.05) is 45.0 Å². The number of aryl methyl sites for hydroxylation is 1. The second kappa shape index (κ2) is 6.16. The molecule has 1 aliphatic rings. The van der Waals surface area contributed by atoms with Gasteiger partial charge in [0.1, 0.15) is 6.04 Å². The number of aliphatic carboxylic acids is 1. The third-order valence-electron chi connectivity index (χ3n) is 4.15. The Morgan fingerprint density at radius 1 is 1.38 bits per heavy atom. The van der Waals surface area contributed by atoms with Crippen LogP contribution in [0.2, 0.25) is 0 Å². The van der Waals surface area contributed by atoms with Crippen molar-refractivity contribution in [3.63, 3.8) is 0 Å². The first-order chi connectivity index (χ1) is 9.97. The smallest absolute Gasteiger partial charge is 0.326 e. The number of amides is 2. The van der Waals surface area contributed by atoms with E-state index < -0.39 is 12.0 Å². The maximum atomic E-state index is 12.8. The molecule has 21 heavy (non-hydrogen) atoms. The van der Waals surface area contributed by atoms with E-state index in [4.69, 9.17) is 0 Å². The molecule has 5 nitrogen and oxygen atoms in total. The van der Waals surface area contributed by atoms with E-state index in [0.717, 1.165) is 17.7 Å². The van der Waals surface area contributed by atoms with Gasteiger partial charge in [0.15, 0.2) is 0 Å². The molecule has 1 aromatic carbocycles. The predicted octanol–water partition coefficient (Wildman–Crippen LogP) is 2.74. The van der Waals surface area contributed by atoms with Gasteiger partial charge in [0.2, 0.25) is 0 Å². The minimum atomic E-state index is -0.922. The first-order valence-corrected chi connectivity index (χ1v) is 7.34. The van der Waals surface area contributed by atoms with Gasteiger partial charge in [-0.15, -0.1) is 0 Å². The highest BCUT2D eigenvalue weighted by Crippen LogP contribution is 2.28. The van der Waals surface area contributed by atoms with E-state index >= 15 is 0 Å². The van der Waals surface area contributed by atoms with Crippen molar-refractivity contribution >= 4 is 17.7 Å². The molecule has 0 bridgehead atoms. The zero-order chi connectivity index (χ0) is 15.6. The van der Waals surface area contributed by atoms with E-state index in [1.165, 1.54) is 4.90 Å². The SMILES string of the molecule is CCN(C(=O)N1CCC(C)C1C(=O)O)c1ccccc1C. The van der Waals surface area contributed by atoms with Gasteiger partial charge in [0.05, 0.1) is 0 Å². The average molecular weight is 290 g/mol. The van der Waals surface area contributed by atoms with Crippen LogP contribution in [0.25, 0.3) is 0 Å². The molecule has 2 rings (SSSR count). The summed E-state index contributed by atoms with van der Waals surface area (Å²) in [4.78, 5) is 27.4. The molecular weight excluding hydrogens is 268 g/mol. The van der Waals surface area contributed by atoms with Gasteiger partial charge >= 0.3 is 12.0 Å². The summed E-state index contributed by atoms with van der Waals surface area (Å²) in [5, 5.41) is 9.37. The number of carbonyl (C=O) groups excluding carboxylic acids is 1. The quantitative estimate of drug-likeness (QED) is 0.931. The Morgan fingerprint density at radius 3 is 2.62 bits per heavy atom. The number of benzene rings is 1. The summed E-state index contributed by atoms with van der Waals surface area (Å²) in [6.07, 6.45) is 0.730. The molecular formula is C16H22N2O3. The Balaban J connectivity index is 2.29. The molecule has 5 heteroatoms. The van der Waals surface area contributed by atoms with Gasteiger partial charge < -0.3 is 10.0 Å². The molecule has 1 aliphatic heterocycles. The van der Waals surface area contributed by atoms with E-state index in [1.54, 1.807) is 4.90 Å². The van der Waals surface area contributed by atoms with Crippen LogP contribution in [0.1, 0.15) is 25.8 Å². The number of carboxylic acids is 1. The van der Waals surface area contributed by atoms with Crippen LogP contribution in [0, 0.1) is 12.8 Å². The molecule has 2 atom stereocenters. The van der Waals surface area contributed by atoms with Crippen LogP contribution < -0.4 is 4.90 Å². The highest BCUT2D eigenvalue weighted by atomic mass is 16.4. The zero-order valence-corrected chi connectivity index (χ0v) is 12.7. The maximum Gasteiger partial charge on any atom is 0.326 e. The van der Waals surface area contributed by atoms with Gasteiger partial charge in [-0.05, 0) is 37.8 Å². The molecule has 2 amide bonds. The minimum absolute atomic E-state index is 0.0120. The van der Waals surface area contributed by atoms with Gasteiger partial charge in [0, 0.05) is 18.8 Å². The number of rotatable bonds is 3. The van der Waals surface area contributed by atoms with Gasteiger partial charge in [0.25, 0.3) is 0 Å². The van der Waals surface area contributed by atoms with E-state index in [2.05, 4.69) is 0 Å². The number of hydrogen-bond donors (Lipinski definition) is 1. The Morgan fingerprint density at radius 2 is 2.05 bits per heavy atom. The second-order valence-electron chi connectivity index (χ2n) is 5.56. The Hall–Kier alpha value is -2.04. The zero-order valence-electron chi connectivity index (χ0n) is 12.7. The molecule has 1 aromatic rings. The summed E-state index contributed by atoms with van der Waals surface area (Å²) < 4.78 is 0. The fraction of sp³-hybridized carbons (Fsp3) is 0.500. The lowest BCUT2D eigenvalue weighted by Crippen LogP contribution is -2.49. The molecule has 1 N–H and O–H groups in total. The van der Waals surface area contributed by atoms with Crippen molar-refractivity contribution in [2.75, 3.05) is 18.0 Å². The third-order valence-corrected chi connectivity index (χ3v) is 4.15. The van der Waals surface area contributed by atoms with Crippen LogP contribution in [0.3, 0.4) is 0 Å². The molecule has 1 heterocycles. The van der Waals surface area contributed by atoms with Crippen LogP contribution >= 0.6 is 0 Å². The fourth-order valence-corrected chi connectivity index (χ4v) is 2.97. The van der Waals surface area contributed by atoms with E-state index in [0.29, 0.717) is 13.1 Å². The number of urea groups is 1. The topological polar surface area (TPSA) is 60.9 Å². The second-order valence-corrected chi connectivity index (χ2v) is 5.56. The van der Waals surface area contributed by atoms with Crippen molar-refractivity contribution in [1.29, 1.82) is 0 Å². The lowest BCUT2D eigenvalue weighted by molar-refractivity contribution is -0.142. The molecule has 0 saturated carbocycles. The van der Waals surface area contributed by atoms with Crippen LogP contribution in [-0.2, 0) is 4.79 Å². The number of nitrogens with zero attached hydrogens (tertiary/aromatic N) is 2. The number of likely N-dealkylation sites (tertiary alicyclic amines) is 1. The van der Waals surface area contributed by atoms with Crippen LogP contribution in [0.4, 0.5) is 10.5 Å². The van der Waals surface area contributed by atoms with Gasteiger partial charge in [-0.1, -0.05) is 25.1 Å². The molecule has 0 spiro atoms. The summed E-state index contributed by atoms with van der Waals surface area (Å²) >= 11 is 0. The van der Waals surface area contributed by atoms with Crippen molar-refractivity contribution in [2.24, 2.45) is 5.92 Å². The van der Waals surface area contributed by atoms with Crippen molar-refractivity contribution < 1.29 is 14.7 Å². The summed E-state index contributed by atoms with van der Waals surface area (Å²) in [5.41, 5.74) is 1.85. The van der Waals surface area contributed by atoms with Crippen LogP contribution in [0.15, 0.2) is 24.3 Å². The minimum Gasteiger partial charge on any atom is -0.480 e. The summed E-state index contributed by atoms with van der Waals surface area (Å²) in [6.45, 7) is 6.75. The van der Waals surface area contributed by atoms with Gasteiger partial charge in [-0.3, -0.25) is 4.90 Å². The molecule has 114 valence electrons. The van der Waals surface area contributed by atoms with E-state index in [-0.39, 0.29) is 11.9 Å². The van der Waals surface area contributed by atoms with Crippen molar-refractivity contribution in [1.82, 2.24) is 4.90 Å². The summed E-state index contributed by atoms with van der Waals surface area (Å²) in [7, 11) is 0. The van der Waals surface area contributed by atoms with Crippen molar-refractivity contribution in [3.8, 4) is 0 Å². The number of carboxylic acid groups (broad SMARTS) is 1. The fourth-order valence-electron chi connectivity index (χ4n) is 2.97. The normalized spacial score (nSPS) is 21.4. The van der Waals surface area contributed by atoms with Crippen LogP contribution in [-0.4, -0.2) is 41.1 Å². The molecule has 1 saturated heterocycles. The molecule has 0 aromatic heterocycles. The third kappa shape index (κ3) is 2.86. The largest absolute Gasteiger partial charge is 0.480 e. The number of carbonyl (C=O) groups is 2. The Kier molecular flexibility index (Phi) is 4.50. The molecule has 0 radical (unpaired) electrons. The lowest BCUT2D eigenvalue weighted by atomic mass is 10.0. The first-order valence-electron chi connectivity index (χ1n) is 7.34. The standard InChI is InChI=1S/C16H22N2O3/c1-4-17(13-8-6-5-7-11(13)2)16(21)18-10-9-12(3)14(18)15(19)20/h5-8,12,14H,4,9-10H2,1-3H3,(H,19,20). The maximum absolute atomic E-state index is 12.8. The number of anilines is 1. The molecule has 1 fully saturated rings. The van der Waals surface area contributed by atoms with E-state index in [9.17, 15) is 14.7 Å². The summed E-state index contributed by atoms with van der Waals surface area (Å²) in [6, 6.07) is 6.71. The molecule has 0 aliphatic carbocycles. The lowest BCUT2D eigenvalue weighted by Gasteiger charge is -2.31. The average Bonchev–Trinajstić information content (AvgIpc) is 2.83. The Bertz CT molecular complexity index is 544. The van der Waals surface area contributed by atoms with Gasteiger partial charge in [-0.2, -0.15) is 0 Å². The predicted molar refractivity (Wildman–Crippen MR) is 81.5 cm³/mol. The monoisotopic (exact) mass is 290 g/mol. The van der Waals surface area contributed by atoms with Gasteiger partial charge in [-0.25, -0.2) is 9.59 Å².